The minimum absolute atomic E-state index is 0.0610. The average molecular weight is 310 g/mol. The van der Waals surface area contributed by atoms with E-state index in [0.29, 0.717) is 30.6 Å². The zero-order chi connectivity index (χ0) is 16.0. The summed E-state index contributed by atoms with van der Waals surface area (Å²) in [6.07, 6.45) is -1.95. The molecule has 0 spiro atoms. The molecule has 0 radical (unpaired) electrons. The quantitative estimate of drug-likeness (QED) is 0.780. The number of hydrogen-bond donors (Lipinski definition) is 0. The van der Waals surface area contributed by atoms with Crippen molar-refractivity contribution in [1.82, 2.24) is 0 Å². The molecule has 0 saturated heterocycles. The van der Waals surface area contributed by atoms with Crippen molar-refractivity contribution >= 4 is 5.78 Å². The van der Waals surface area contributed by atoms with Crippen molar-refractivity contribution in [1.29, 1.82) is 0 Å². The van der Waals surface area contributed by atoms with Crippen LogP contribution in [0.3, 0.4) is 0 Å². The number of halogens is 3. The van der Waals surface area contributed by atoms with E-state index in [1.165, 1.54) is 19.3 Å². The van der Waals surface area contributed by atoms with Gasteiger partial charge >= 0.3 is 6.18 Å². The Hall–Kier alpha value is -1.78. The Morgan fingerprint density at radius 3 is 2.64 bits per heavy atom. The minimum atomic E-state index is -4.41. The fraction of sp³-hybridized carbons (Fsp3) is 0.471. The Bertz CT molecular complexity index is 646. The summed E-state index contributed by atoms with van der Waals surface area (Å²) in [5.74, 6) is 0.363. The largest absolute Gasteiger partial charge is 0.497 e. The summed E-state index contributed by atoms with van der Waals surface area (Å²) >= 11 is 0. The van der Waals surface area contributed by atoms with Crippen molar-refractivity contribution in [3.8, 4) is 5.75 Å². The van der Waals surface area contributed by atoms with Gasteiger partial charge in [0.2, 0.25) is 0 Å². The third kappa shape index (κ3) is 2.14. The van der Waals surface area contributed by atoms with Crippen molar-refractivity contribution in [3.05, 3.63) is 41.0 Å². The fourth-order valence-electron chi connectivity index (χ4n) is 3.72. The van der Waals surface area contributed by atoms with E-state index in [9.17, 15) is 18.0 Å². The number of aryl methyl sites for hydroxylation is 1. The second kappa shape index (κ2) is 5.14. The lowest BCUT2D eigenvalue weighted by Gasteiger charge is -2.40. The van der Waals surface area contributed by atoms with E-state index in [-0.39, 0.29) is 29.8 Å². The predicted molar refractivity (Wildman–Crippen MR) is 76.0 cm³/mol. The zero-order valence-electron chi connectivity index (χ0n) is 12.3. The first-order chi connectivity index (χ1) is 10.4. The zero-order valence-corrected chi connectivity index (χ0v) is 12.3. The third-order valence-electron chi connectivity index (χ3n) is 4.78. The molecular formula is C17H17F3O2. The molecule has 0 saturated carbocycles. The predicted octanol–water partition coefficient (Wildman–Crippen LogP) is 4.12. The van der Waals surface area contributed by atoms with E-state index >= 15 is 0 Å². The molecular weight excluding hydrogens is 293 g/mol. The first-order valence-electron chi connectivity index (χ1n) is 7.36. The van der Waals surface area contributed by atoms with E-state index in [0.717, 1.165) is 0 Å². The SMILES string of the molecule is COc1ccc2c(c1)CCCC1=CC(=O)CCC12C(F)(F)F. The number of fused-ring (bicyclic) bond motifs is 3. The summed E-state index contributed by atoms with van der Waals surface area (Å²) < 4.78 is 47.3. The van der Waals surface area contributed by atoms with Gasteiger partial charge in [0.1, 0.15) is 11.2 Å². The molecule has 22 heavy (non-hydrogen) atoms. The smallest absolute Gasteiger partial charge is 0.402 e. The summed E-state index contributed by atoms with van der Waals surface area (Å²) in [7, 11) is 1.50. The standard InChI is InChI=1S/C17H17F3O2/c1-22-14-5-6-15-11(9-14)3-2-4-12-10-13(21)7-8-16(12,15)17(18,19)20/h5-6,9-10H,2-4,7-8H2,1H3. The average Bonchev–Trinajstić information content (AvgIpc) is 2.62. The Labute approximate surface area is 127 Å². The van der Waals surface area contributed by atoms with Crippen molar-refractivity contribution in [2.45, 2.75) is 43.7 Å². The highest BCUT2D eigenvalue weighted by molar-refractivity contribution is 5.92. The molecule has 2 nitrogen and oxygen atoms in total. The minimum Gasteiger partial charge on any atom is -0.497 e. The molecule has 2 aliphatic carbocycles. The summed E-state index contributed by atoms with van der Waals surface area (Å²) in [6.45, 7) is 0. The molecule has 1 aromatic carbocycles. The molecule has 5 heteroatoms. The van der Waals surface area contributed by atoms with Crippen LogP contribution in [-0.2, 0) is 16.6 Å². The molecule has 0 bridgehead atoms. The van der Waals surface area contributed by atoms with Crippen molar-refractivity contribution in [3.63, 3.8) is 0 Å². The highest BCUT2D eigenvalue weighted by atomic mass is 19.4. The molecule has 0 heterocycles. The molecule has 2 aliphatic rings. The van der Waals surface area contributed by atoms with Gasteiger partial charge in [0.25, 0.3) is 0 Å². The second-order valence-electron chi connectivity index (χ2n) is 5.92. The highest BCUT2D eigenvalue weighted by Crippen LogP contribution is 2.55. The number of methoxy groups -OCH3 is 1. The number of ketones is 1. The van der Waals surface area contributed by atoms with Gasteiger partial charge in [-0.05, 0) is 60.6 Å². The lowest BCUT2D eigenvalue weighted by molar-refractivity contribution is -0.183. The van der Waals surface area contributed by atoms with E-state index in [1.54, 1.807) is 12.1 Å². The third-order valence-corrected chi connectivity index (χ3v) is 4.78. The summed E-state index contributed by atoms with van der Waals surface area (Å²) in [4.78, 5) is 11.6. The maximum absolute atomic E-state index is 14.1. The highest BCUT2D eigenvalue weighted by Gasteiger charge is 2.59. The van der Waals surface area contributed by atoms with Crippen molar-refractivity contribution in [2.24, 2.45) is 0 Å². The van der Waals surface area contributed by atoms with Crippen LogP contribution in [0.2, 0.25) is 0 Å². The topological polar surface area (TPSA) is 26.3 Å². The lowest BCUT2D eigenvalue weighted by atomic mass is 9.66. The molecule has 0 amide bonds. The number of hydrogen-bond acceptors (Lipinski definition) is 2. The van der Waals surface area contributed by atoms with Gasteiger partial charge in [-0.1, -0.05) is 6.07 Å². The summed E-state index contributed by atoms with van der Waals surface area (Å²) in [5, 5.41) is 0. The van der Waals surface area contributed by atoms with Crippen LogP contribution in [0.25, 0.3) is 0 Å². The van der Waals surface area contributed by atoms with E-state index < -0.39 is 11.6 Å². The molecule has 1 unspecified atom stereocenters. The number of benzene rings is 1. The normalized spacial score (nSPS) is 24.9. The van der Waals surface area contributed by atoms with Crippen LogP contribution in [-0.4, -0.2) is 19.1 Å². The Morgan fingerprint density at radius 2 is 1.95 bits per heavy atom. The Balaban J connectivity index is 2.27. The summed E-state index contributed by atoms with van der Waals surface area (Å²) in [6, 6.07) is 4.80. The maximum atomic E-state index is 14.1. The van der Waals surface area contributed by atoms with Gasteiger partial charge in [-0.3, -0.25) is 4.79 Å². The van der Waals surface area contributed by atoms with Crippen LogP contribution in [0.15, 0.2) is 29.8 Å². The van der Waals surface area contributed by atoms with Gasteiger partial charge in [-0.2, -0.15) is 13.2 Å². The van der Waals surface area contributed by atoms with Crippen molar-refractivity contribution < 1.29 is 22.7 Å². The maximum Gasteiger partial charge on any atom is 0.402 e. The summed E-state index contributed by atoms with van der Waals surface area (Å²) in [5.41, 5.74) is -0.828. The van der Waals surface area contributed by atoms with Gasteiger partial charge in [-0.15, -0.1) is 0 Å². The number of ether oxygens (including phenoxy) is 1. The van der Waals surface area contributed by atoms with E-state index in [2.05, 4.69) is 0 Å². The second-order valence-corrected chi connectivity index (χ2v) is 5.92. The monoisotopic (exact) mass is 310 g/mol. The molecule has 3 rings (SSSR count). The molecule has 0 aromatic heterocycles. The van der Waals surface area contributed by atoms with Crippen LogP contribution in [0, 0.1) is 0 Å². The van der Waals surface area contributed by atoms with Gasteiger partial charge in [0.05, 0.1) is 7.11 Å². The first-order valence-corrected chi connectivity index (χ1v) is 7.36. The molecule has 0 fully saturated rings. The molecule has 1 aromatic rings. The lowest BCUT2D eigenvalue weighted by Crippen LogP contribution is -2.46. The van der Waals surface area contributed by atoms with Crippen molar-refractivity contribution in [2.75, 3.05) is 7.11 Å². The Kier molecular flexibility index (Phi) is 3.54. The van der Waals surface area contributed by atoms with Crippen LogP contribution in [0.4, 0.5) is 13.2 Å². The number of carbonyl (C=O) groups is 1. The van der Waals surface area contributed by atoms with Gasteiger partial charge in [-0.25, -0.2) is 0 Å². The molecule has 118 valence electrons. The molecule has 0 N–H and O–H groups in total. The molecule has 1 atom stereocenters. The first kappa shape index (κ1) is 15.1. The van der Waals surface area contributed by atoms with E-state index in [4.69, 9.17) is 4.74 Å². The van der Waals surface area contributed by atoms with Gasteiger partial charge in [0.15, 0.2) is 5.78 Å². The van der Waals surface area contributed by atoms with Crippen LogP contribution in [0.5, 0.6) is 5.75 Å². The van der Waals surface area contributed by atoms with E-state index in [1.807, 2.05) is 0 Å². The van der Waals surface area contributed by atoms with Gasteiger partial charge < -0.3 is 4.74 Å². The number of carbonyl (C=O) groups excluding carboxylic acids is 1. The number of rotatable bonds is 1. The number of allylic oxidation sites excluding steroid dienone is 2. The number of alkyl halides is 3. The van der Waals surface area contributed by atoms with Crippen LogP contribution in [0.1, 0.15) is 36.8 Å². The Morgan fingerprint density at radius 1 is 1.18 bits per heavy atom. The molecule has 0 aliphatic heterocycles. The van der Waals surface area contributed by atoms with Gasteiger partial charge in [0, 0.05) is 6.42 Å². The van der Waals surface area contributed by atoms with Crippen LogP contribution >= 0.6 is 0 Å². The fourth-order valence-corrected chi connectivity index (χ4v) is 3.72. The van der Waals surface area contributed by atoms with Crippen LogP contribution < -0.4 is 4.74 Å².